The summed E-state index contributed by atoms with van der Waals surface area (Å²) in [5, 5.41) is 17.5. The molecule has 0 atom stereocenters. The minimum atomic E-state index is -1.33. The minimum Gasteiger partial charge on any atom is -0.478 e. The Bertz CT molecular complexity index is 526. The summed E-state index contributed by atoms with van der Waals surface area (Å²) in [7, 11) is 0. The van der Waals surface area contributed by atoms with Crippen LogP contribution in [0.25, 0.3) is 11.2 Å². The first-order chi connectivity index (χ1) is 6.52. The van der Waals surface area contributed by atoms with Crippen LogP contribution in [0.4, 0.5) is 0 Å². The van der Waals surface area contributed by atoms with E-state index in [0.29, 0.717) is 4.90 Å². The van der Waals surface area contributed by atoms with E-state index in [1.165, 1.54) is 6.07 Å². The lowest BCUT2D eigenvalue weighted by Crippen LogP contribution is -2.06. The average Bonchev–Trinajstić information content (AvgIpc) is 2.58. The highest BCUT2D eigenvalue weighted by Gasteiger charge is 2.29. The number of carbonyl (C=O) groups is 2. The molecule has 0 aliphatic carbocycles. The average molecular weight is 212 g/mol. The second-order valence-corrected chi connectivity index (χ2v) is 3.17. The Labute approximate surface area is 82.7 Å². The van der Waals surface area contributed by atoms with E-state index in [1.54, 1.807) is 0 Å². The first kappa shape index (κ1) is 8.89. The number of carboxylic acids is 2. The SMILES string of the molecule is O=C(O)c1c(C(=O)O)c2oc1cc2S. The van der Waals surface area contributed by atoms with Crippen LogP contribution >= 0.6 is 12.6 Å². The molecule has 0 amide bonds. The van der Waals surface area contributed by atoms with Crippen LogP contribution in [0.5, 0.6) is 0 Å². The molecule has 2 aromatic heterocycles. The molecule has 2 N–H and O–H groups in total. The molecule has 0 aromatic carbocycles. The van der Waals surface area contributed by atoms with Crippen molar-refractivity contribution in [2.24, 2.45) is 0 Å². The molecule has 0 unspecified atom stereocenters. The number of aromatic carboxylic acids is 2. The summed E-state index contributed by atoms with van der Waals surface area (Å²) in [5.41, 5.74) is -0.603. The van der Waals surface area contributed by atoms with Crippen molar-refractivity contribution in [3.63, 3.8) is 0 Å². The smallest absolute Gasteiger partial charge is 0.340 e. The molecule has 0 aliphatic heterocycles. The molecule has 0 saturated heterocycles. The Balaban J connectivity index is 2.84. The largest absolute Gasteiger partial charge is 0.478 e. The monoisotopic (exact) mass is 212 g/mol. The van der Waals surface area contributed by atoms with E-state index in [-0.39, 0.29) is 22.3 Å². The zero-order valence-electron chi connectivity index (χ0n) is 6.64. The van der Waals surface area contributed by atoms with Crippen LogP contribution in [0.3, 0.4) is 0 Å². The highest BCUT2D eigenvalue weighted by molar-refractivity contribution is 7.80. The molecule has 6 heteroatoms. The molecule has 0 saturated carbocycles. The number of carboxylic acid groups (broad SMARTS) is 2. The number of thiol groups is 1. The summed E-state index contributed by atoms with van der Waals surface area (Å²) >= 11 is 3.95. The molecule has 0 aliphatic rings. The van der Waals surface area contributed by atoms with Crippen LogP contribution in [-0.4, -0.2) is 22.2 Å². The molecule has 0 spiro atoms. The van der Waals surface area contributed by atoms with Gasteiger partial charge in [-0.05, 0) is 6.07 Å². The van der Waals surface area contributed by atoms with Crippen LogP contribution < -0.4 is 0 Å². The van der Waals surface area contributed by atoms with Gasteiger partial charge in [-0.3, -0.25) is 0 Å². The molecule has 2 aromatic rings. The molecule has 5 nitrogen and oxygen atoms in total. The van der Waals surface area contributed by atoms with Crippen molar-refractivity contribution in [3.05, 3.63) is 17.2 Å². The summed E-state index contributed by atoms with van der Waals surface area (Å²) in [4.78, 5) is 21.8. The summed E-state index contributed by atoms with van der Waals surface area (Å²) < 4.78 is 4.96. The van der Waals surface area contributed by atoms with E-state index in [2.05, 4.69) is 12.6 Å². The fourth-order valence-electron chi connectivity index (χ4n) is 1.34. The predicted molar refractivity (Wildman–Crippen MR) is 48.6 cm³/mol. The minimum absolute atomic E-state index is 0.00762. The quantitative estimate of drug-likeness (QED) is 0.657. The lowest BCUT2D eigenvalue weighted by molar-refractivity contribution is 0.0655. The van der Waals surface area contributed by atoms with Gasteiger partial charge < -0.3 is 14.6 Å². The van der Waals surface area contributed by atoms with Crippen molar-refractivity contribution in [1.82, 2.24) is 0 Å². The second kappa shape index (κ2) is 2.65. The maximum absolute atomic E-state index is 10.8. The van der Waals surface area contributed by atoms with Crippen molar-refractivity contribution < 1.29 is 24.2 Å². The van der Waals surface area contributed by atoms with Gasteiger partial charge in [0.25, 0.3) is 0 Å². The van der Waals surface area contributed by atoms with Gasteiger partial charge in [0, 0.05) is 0 Å². The lowest BCUT2D eigenvalue weighted by Gasteiger charge is -1.95. The first-order valence-corrected chi connectivity index (χ1v) is 4.01. The predicted octanol–water partition coefficient (Wildman–Crippen LogP) is 1.56. The number of benzene rings is 1. The Morgan fingerprint density at radius 1 is 1.21 bits per heavy atom. The molecule has 14 heavy (non-hydrogen) atoms. The van der Waals surface area contributed by atoms with Gasteiger partial charge in [0.1, 0.15) is 16.7 Å². The molecule has 2 bridgehead atoms. The summed E-state index contributed by atoms with van der Waals surface area (Å²) in [5.74, 6) is -2.64. The fourth-order valence-corrected chi connectivity index (χ4v) is 1.61. The molecule has 2 rings (SSSR count). The van der Waals surface area contributed by atoms with Crippen LogP contribution in [0.15, 0.2) is 15.4 Å². The highest BCUT2D eigenvalue weighted by Crippen LogP contribution is 2.34. The molecule has 2 heterocycles. The van der Waals surface area contributed by atoms with Crippen LogP contribution in [0.2, 0.25) is 0 Å². The van der Waals surface area contributed by atoms with Crippen LogP contribution in [-0.2, 0) is 0 Å². The Hall–Kier alpha value is -1.69. The number of fused-ring (bicyclic) bond motifs is 2. The van der Waals surface area contributed by atoms with E-state index in [1.807, 2.05) is 0 Å². The van der Waals surface area contributed by atoms with Crippen molar-refractivity contribution in [3.8, 4) is 0 Å². The third kappa shape index (κ3) is 0.973. The van der Waals surface area contributed by atoms with E-state index in [0.717, 1.165) is 0 Å². The van der Waals surface area contributed by atoms with E-state index >= 15 is 0 Å². The second-order valence-electron chi connectivity index (χ2n) is 2.69. The molecule has 0 fully saturated rings. The third-order valence-electron chi connectivity index (χ3n) is 1.86. The first-order valence-electron chi connectivity index (χ1n) is 3.56. The maximum atomic E-state index is 10.8. The standard InChI is InChI=1S/C8H4O5S/c9-7(10)4-2-1-3(14)6(13-2)5(4)8(11)12/h1,14H,(H,9,10)(H,11,12). The van der Waals surface area contributed by atoms with Crippen LogP contribution in [0.1, 0.15) is 20.7 Å². The van der Waals surface area contributed by atoms with Crippen molar-refractivity contribution in [1.29, 1.82) is 0 Å². The topological polar surface area (TPSA) is 87.7 Å². The number of furan rings is 2. The van der Waals surface area contributed by atoms with E-state index in [4.69, 9.17) is 14.6 Å². The lowest BCUT2D eigenvalue weighted by atomic mass is 10.1. The van der Waals surface area contributed by atoms with Crippen LogP contribution in [0, 0.1) is 0 Å². The zero-order valence-corrected chi connectivity index (χ0v) is 7.54. The van der Waals surface area contributed by atoms with Gasteiger partial charge in [-0.2, -0.15) is 0 Å². The third-order valence-corrected chi connectivity index (χ3v) is 2.20. The van der Waals surface area contributed by atoms with Crippen molar-refractivity contribution >= 4 is 35.7 Å². The molecule has 0 radical (unpaired) electrons. The number of rotatable bonds is 2. The van der Waals surface area contributed by atoms with Gasteiger partial charge in [0.15, 0.2) is 5.58 Å². The van der Waals surface area contributed by atoms with Gasteiger partial charge in [-0.1, -0.05) is 0 Å². The van der Waals surface area contributed by atoms with Gasteiger partial charge in [0.2, 0.25) is 0 Å². The Morgan fingerprint density at radius 3 is 2.29 bits per heavy atom. The van der Waals surface area contributed by atoms with E-state index < -0.39 is 11.9 Å². The number of hydrogen-bond acceptors (Lipinski definition) is 4. The maximum Gasteiger partial charge on any atom is 0.340 e. The fraction of sp³-hybridized carbons (Fsp3) is 0. The van der Waals surface area contributed by atoms with Gasteiger partial charge in [-0.25, -0.2) is 9.59 Å². The number of hydrogen-bond donors (Lipinski definition) is 3. The summed E-state index contributed by atoms with van der Waals surface area (Å²) in [6, 6.07) is 1.38. The summed E-state index contributed by atoms with van der Waals surface area (Å²) in [6.07, 6.45) is 0. The van der Waals surface area contributed by atoms with Crippen molar-refractivity contribution in [2.75, 3.05) is 0 Å². The molecule has 72 valence electrons. The van der Waals surface area contributed by atoms with E-state index in [9.17, 15) is 9.59 Å². The van der Waals surface area contributed by atoms with Gasteiger partial charge in [-0.15, -0.1) is 12.6 Å². The normalized spacial score (nSPS) is 10.9. The van der Waals surface area contributed by atoms with Gasteiger partial charge >= 0.3 is 11.9 Å². The Kier molecular flexibility index (Phi) is 1.68. The zero-order chi connectivity index (χ0) is 10.5. The Morgan fingerprint density at radius 2 is 1.79 bits per heavy atom. The highest BCUT2D eigenvalue weighted by atomic mass is 32.1. The molecular weight excluding hydrogens is 208 g/mol. The van der Waals surface area contributed by atoms with Crippen molar-refractivity contribution in [2.45, 2.75) is 4.90 Å². The summed E-state index contributed by atoms with van der Waals surface area (Å²) in [6.45, 7) is 0. The van der Waals surface area contributed by atoms with Gasteiger partial charge in [0.05, 0.1) is 4.90 Å². The molecular formula is C8H4O5S.